The van der Waals surface area contributed by atoms with Gasteiger partial charge in [-0.25, -0.2) is 9.97 Å². The summed E-state index contributed by atoms with van der Waals surface area (Å²) in [5, 5.41) is 2.33. The lowest BCUT2D eigenvalue weighted by Gasteiger charge is -2.29. The number of aromatic nitrogens is 3. The first-order valence-corrected chi connectivity index (χ1v) is 18.6. The molecule has 0 N–H and O–H groups in total. The zero-order valence-corrected chi connectivity index (χ0v) is 32.4. The Hall–Kier alpha value is -5.62. The van der Waals surface area contributed by atoms with Crippen LogP contribution >= 0.6 is 0 Å². The summed E-state index contributed by atoms with van der Waals surface area (Å²) < 4.78 is 8.81. The van der Waals surface area contributed by atoms with Gasteiger partial charge in [-0.3, -0.25) is 4.57 Å². The molecule has 0 fully saturated rings. The van der Waals surface area contributed by atoms with Crippen molar-refractivity contribution in [1.82, 2.24) is 14.5 Å². The van der Waals surface area contributed by atoms with Crippen molar-refractivity contribution in [2.75, 3.05) is 16.5 Å². The van der Waals surface area contributed by atoms with E-state index in [1.54, 1.807) is 0 Å². The van der Waals surface area contributed by atoms with Crippen molar-refractivity contribution >= 4 is 44.6 Å². The summed E-state index contributed by atoms with van der Waals surface area (Å²) in [5.41, 5.74) is 10.7. The second-order valence-corrected chi connectivity index (χ2v) is 17.4. The maximum absolute atomic E-state index is 6.57. The molecule has 0 spiro atoms. The molecule has 0 saturated carbocycles. The molecular formula is C47H49N5O. The Labute approximate surface area is 313 Å². The number of hydrogen-bond donors (Lipinski definition) is 0. The number of nitrogens with zero attached hydrogens (tertiary/aromatic N) is 5. The summed E-state index contributed by atoms with van der Waals surface area (Å²) in [6.07, 6.45) is 3.75. The summed E-state index contributed by atoms with van der Waals surface area (Å²) in [6.45, 7) is 21.1. The summed E-state index contributed by atoms with van der Waals surface area (Å²) in [7, 11) is 0. The molecule has 268 valence electrons. The fourth-order valence-corrected chi connectivity index (χ4v) is 7.30. The summed E-state index contributed by atoms with van der Waals surface area (Å²) >= 11 is 0. The van der Waals surface area contributed by atoms with Crippen molar-refractivity contribution in [3.8, 4) is 17.4 Å². The minimum Gasteiger partial charge on any atom is -0.439 e. The minimum atomic E-state index is 0.000123. The average molecular weight is 700 g/mol. The number of fused-ring (bicyclic) bond motifs is 4. The Kier molecular flexibility index (Phi) is 8.13. The van der Waals surface area contributed by atoms with Crippen LogP contribution in [0.15, 0.2) is 122 Å². The fourth-order valence-electron chi connectivity index (χ4n) is 7.30. The first kappa shape index (κ1) is 34.5. The SMILES string of the molecule is CC(C)(C)c1cc(N2CN(c3ccnc(Oc4ccc5c6ccccc6n(-c6cc(C(C)(C)C)ccn6)c5c4)c3)c3ccccc32)cc(C(C)(C)C)c1. The largest absolute Gasteiger partial charge is 0.439 e. The lowest BCUT2D eigenvalue weighted by atomic mass is 9.80. The van der Waals surface area contributed by atoms with E-state index in [1.807, 2.05) is 24.5 Å². The van der Waals surface area contributed by atoms with Gasteiger partial charge in [-0.05, 0) is 93.6 Å². The molecule has 0 saturated heterocycles. The monoisotopic (exact) mass is 699 g/mol. The molecule has 7 aromatic rings. The van der Waals surface area contributed by atoms with Crippen LogP contribution in [0.2, 0.25) is 0 Å². The fraction of sp³-hybridized carbons (Fsp3) is 0.277. The molecule has 0 aliphatic carbocycles. The highest BCUT2D eigenvalue weighted by Crippen LogP contribution is 2.46. The lowest BCUT2D eigenvalue weighted by molar-refractivity contribution is 0.463. The van der Waals surface area contributed by atoms with Crippen LogP contribution < -0.4 is 14.5 Å². The Morgan fingerprint density at radius 2 is 1.11 bits per heavy atom. The van der Waals surface area contributed by atoms with E-state index in [9.17, 15) is 0 Å². The third-order valence-corrected chi connectivity index (χ3v) is 10.4. The first-order chi connectivity index (χ1) is 25.1. The van der Waals surface area contributed by atoms with Gasteiger partial charge in [0.15, 0.2) is 0 Å². The average Bonchev–Trinajstić information content (AvgIpc) is 3.67. The van der Waals surface area contributed by atoms with E-state index < -0.39 is 0 Å². The van der Waals surface area contributed by atoms with Gasteiger partial charge in [0.25, 0.3) is 0 Å². The number of ether oxygens (including phenoxy) is 1. The highest BCUT2D eigenvalue weighted by atomic mass is 16.5. The second kappa shape index (κ2) is 12.5. The van der Waals surface area contributed by atoms with Crippen LogP contribution in [0, 0.1) is 0 Å². The number of rotatable bonds is 5. The molecule has 3 aromatic heterocycles. The molecule has 0 bridgehead atoms. The molecule has 8 rings (SSSR count). The van der Waals surface area contributed by atoms with Gasteiger partial charge in [-0.2, -0.15) is 0 Å². The van der Waals surface area contributed by atoms with E-state index in [0.717, 1.165) is 39.4 Å². The number of para-hydroxylation sites is 3. The molecule has 1 aliphatic heterocycles. The predicted octanol–water partition coefficient (Wildman–Crippen LogP) is 12.5. The molecule has 0 atom stereocenters. The third kappa shape index (κ3) is 6.41. The van der Waals surface area contributed by atoms with Crippen LogP contribution in [-0.2, 0) is 16.2 Å². The number of hydrogen-bond acceptors (Lipinski definition) is 5. The van der Waals surface area contributed by atoms with Crippen LogP contribution in [0.3, 0.4) is 0 Å². The Balaban J connectivity index is 1.15. The third-order valence-electron chi connectivity index (χ3n) is 10.4. The highest BCUT2D eigenvalue weighted by molar-refractivity contribution is 6.09. The smallest absolute Gasteiger partial charge is 0.221 e. The number of benzene rings is 4. The van der Waals surface area contributed by atoms with Crippen molar-refractivity contribution in [2.45, 2.75) is 78.6 Å². The lowest BCUT2D eigenvalue weighted by Crippen LogP contribution is -2.25. The van der Waals surface area contributed by atoms with E-state index in [-0.39, 0.29) is 16.2 Å². The molecule has 0 unspecified atom stereocenters. The van der Waals surface area contributed by atoms with Crippen molar-refractivity contribution in [3.05, 3.63) is 138 Å². The molecular weight excluding hydrogens is 651 g/mol. The van der Waals surface area contributed by atoms with Gasteiger partial charge in [0.1, 0.15) is 18.2 Å². The maximum atomic E-state index is 6.57. The minimum absolute atomic E-state index is 0.000123. The van der Waals surface area contributed by atoms with E-state index in [2.05, 4.69) is 179 Å². The zero-order valence-electron chi connectivity index (χ0n) is 32.4. The van der Waals surface area contributed by atoms with Crippen LogP contribution in [0.4, 0.5) is 22.7 Å². The van der Waals surface area contributed by atoms with Gasteiger partial charge >= 0.3 is 0 Å². The van der Waals surface area contributed by atoms with Gasteiger partial charge in [0, 0.05) is 46.7 Å². The van der Waals surface area contributed by atoms with E-state index in [1.165, 1.54) is 33.5 Å². The summed E-state index contributed by atoms with van der Waals surface area (Å²) in [5.74, 6) is 2.15. The molecule has 6 nitrogen and oxygen atoms in total. The van der Waals surface area contributed by atoms with Crippen LogP contribution in [-0.4, -0.2) is 21.2 Å². The molecule has 4 aromatic carbocycles. The normalized spacial score (nSPS) is 13.6. The van der Waals surface area contributed by atoms with Crippen molar-refractivity contribution in [2.24, 2.45) is 0 Å². The van der Waals surface area contributed by atoms with Gasteiger partial charge in [-0.1, -0.05) is 98.7 Å². The topological polar surface area (TPSA) is 46.4 Å². The van der Waals surface area contributed by atoms with Gasteiger partial charge in [-0.15, -0.1) is 0 Å². The maximum Gasteiger partial charge on any atom is 0.221 e. The molecule has 6 heteroatoms. The van der Waals surface area contributed by atoms with Crippen molar-refractivity contribution < 1.29 is 4.74 Å². The van der Waals surface area contributed by atoms with Gasteiger partial charge < -0.3 is 14.5 Å². The number of pyridine rings is 2. The van der Waals surface area contributed by atoms with E-state index in [0.29, 0.717) is 12.5 Å². The van der Waals surface area contributed by atoms with Gasteiger partial charge in [0.2, 0.25) is 5.88 Å². The summed E-state index contributed by atoms with van der Waals surface area (Å²) in [4.78, 5) is 14.3. The molecule has 53 heavy (non-hydrogen) atoms. The van der Waals surface area contributed by atoms with Crippen LogP contribution in [0.5, 0.6) is 11.6 Å². The highest BCUT2D eigenvalue weighted by Gasteiger charge is 2.30. The van der Waals surface area contributed by atoms with E-state index >= 15 is 0 Å². The Morgan fingerprint density at radius 3 is 1.79 bits per heavy atom. The molecule has 0 radical (unpaired) electrons. The van der Waals surface area contributed by atoms with Crippen molar-refractivity contribution in [3.63, 3.8) is 0 Å². The molecule has 1 aliphatic rings. The van der Waals surface area contributed by atoms with E-state index in [4.69, 9.17) is 9.72 Å². The first-order valence-electron chi connectivity index (χ1n) is 18.6. The molecule has 4 heterocycles. The molecule has 0 amide bonds. The Bertz CT molecular complexity index is 2460. The quantitative estimate of drug-likeness (QED) is 0.179. The predicted molar refractivity (Wildman–Crippen MR) is 221 cm³/mol. The van der Waals surface area contributed by atoms with Crippen molar-refractivity contribution in [1.29, 1.82) is 0 Å². The van der Waals surface area contributed by atoms with Gasteiger partial charge in [0.05, 0.1) is 22.4 Å². The zero-order chi connectivity index (χ0) is 37.3. The Morgan fingerprint density at radius 1 is 0.509 bits per heavy atom. The number of anilines is 4. The van der Waals surface area contributed by atoms with Crippen LogP contribution in [0.1, 0.15) is 79.0 Å². The van der Waals surface area contributed by atoms with Crippen LogP contribution in [0.25, 0.3) is 27.6 Å². The summed E-state index contributed by atoms with van der Waals surface area (Å²) in [6, 6.07) is 39.0. The standard InChI is InChI=1S/C47H49N5O/c1-45(2,3)31-20-22-48-43(27-31)52-39-15-11-10-14-37(39)38-19-18-36(29-42(38)52)53-44-28-34(21-23-49-44)50-30-51(41-17-13-12-16-40(41)50)35-25-32(46(4,5)6)24-33(26-35)47(7,8)9/h10-29H,30H2,1-9H3. The second-order valence-electron chi connectivity index (χ2n) is 17.4.